The number of aromatic nitrogens is 1. The SMILES string of the molecule is Cc1nc(N2C(=O)c3oc4ccccc4c(=O)c3C2c2cccs2)sc1C. The number of fused-ring (bicyclic) bond motifs is 2. The smallest absolute Gasteiger partial charge is 0.297 e. The molecule has 1 atom stereocenters. The van der Waals surface area contributed by atoms with Crippen molar-refractivity contribution in [3.63, 3.8) is 0 Å². The Balaban J connectivity index is 1.83. The zero-order valence-electron chi connectivity index (χ0n) is 14.6. The number of aryl methyl sites for hydroxylation is 2. The van der Waals surface area contributed by atoms with Crippen molar-refractivity contribution in [3.05, 3.63) is 78.8 Å². The highest BCUT2D eigenvalue weighted by Crippen LogP contribution is 2.44. The molecule has 0 bridgehead atoms. The molecule has 3 aromatic heterocycles. The molecular formula is C20H14N2O3S2. The van der Waals surface area contributed by atoms with Gasteiger partial charge in [0.25, 0.3) is 5.91 Å². The summed E-state index contributed by atoms with van der Waals surface area (Å²) in [4.78, 5) is 34.7. The van der Waals surface area contributed by atoms with Crippen LogP contribution in [0.15, 0.2) is 51.0 Å². The van der Waals surface area contributed by atoms with Crippen LogP contribution in [0.3, 0.4) is 0 Å². The number of rotatable bonds is 2. The van der Waals surface area contributed by atoms with Gasteiger partial charge in [-0.2, -0.15) is 0 Å². The van der Waals surface area contributed by atoms with Gasteiger partial charge in [-0.05, 0) is 37.4 Å². The van der Waals surface area contributed by atoms with Gasteiger partial charge in [0, 0.05) is 9.75 Å². The molecule has 0 N–H and O–H groups in total. The summed E-state index contributed by atoms with van der Waals surface area (Å²) in [6.07, 6.45) is 0. The van der Waals surface area contributed by atoms with Crippen LogP contribution in [0.1, 0.15) is 37.6 Å². The van der Waals surface area contributed by atoms with E-state index in [9.17, 15) is 9.59 Å². The van der Waals surface area contributed by atoms with Crippen LogP contribution >= 0.6 is 22.7 Å². The fourth-order valence-electron chi connectivity index (χ4n) is 3.39. The third-order valence-corrected chi connectivity index (χ3v) is 6.81. The Kier molecular flexibility index (Phi) is 3.57. The molecule has 0 spiro atoms. The molecule has 1 aliphatic heterocycles. The molecule has 0 radical (unpaired) electrons. The van der Waals surface area contributed by atoms with Crippen molar-refractivity contribution in [2.45, 2.75) is 19.9 Å². The van der Waals surface area contributed by atoms with Gasteiger partial charge in [0.05, 0.1) is 16.6 Å². The number of hydrogen-bond acceptors (Lipinski definition) is 6. The number of carbonyl (C=O) groups excluding carboxylic acids is 1. The fourth-order valence-corrected chi connectivity index (χ4v) is 5.15. The first kappa shape index (κ1) is 16.4. The van der Waals surface area contributed by atoms with Gasteiger partial charge in [0.15, 0.2) is 10.6 Å². The number of benzene rings is 1. The maximum absolute atomic E-state index is 13.3. The number of carbonyl (C=O) groups is 1. The number of anilines is 1. The van der Waals surface area contributed by atoms with E-state index in [0.29, 0.717) is 21.7 Å². The van der Waals surface area contributed by atoms with Crippen LogP contribution in [-0.4, -0.2) is 10.9 Å². The van der Waals surface area contributed by atoms with Crippen molar-refractivity contribution in [3.8, 4) is 0 Å². The normalized spacial score (nSPS) is 16.3. The number of thiazole rings is 1. The lowest BCUT2D eigenvalue weighted by Crippen LogP contribution is -2.28. The monoisotopic (exact) mass is 394 g/mol. The van der Waals surface area contributed by atoms with E-state index in [2.05, 4.69) is 4.98 Å². The lowest BCUT2D eigenvalue weighted by molar-refractivity contribution is 0.0971. The third kappa shape index (κ3) is 2.32. The van der Waals surface area contributed by atoms with Crippen LogP contribution in [0, 0.1) is 13.8 Å². The second-order valence-corrected chi connectivity index (χ2v) is 8.56. The van der Waals surface area contributed by atoms with E-state index in [-0.39, 0.29) is 17.1 Å². The number of nitrogens with zero attached hydrogens (tertiary/aromatic N) is 2. The van der Waals surface area contributed by atoms with Gasteiger partial charge in [0.1, 0.15) is 11.6 Å². The molecule has 1 amide bonds. The van der Waals surface area contributed by atoms with Gasteiger partial charge < -0.3 is 4.42 Å². The van der Waals surface area contributed by atoms with Crippen molar-refractivity contribution in [2.75, 3.05) is 4.90 Å². The number of hydrogen-bond donors (Lipinski definition) is 0. The van der Waals surface area contributed by atoms with Crippen LogP contribution in [-0.2, 0) is 0 Å². The van der Waals surface area contributed by atoms with Gasteiger partial charge in [-0.25, -0.2) is 4.98 Å². The molecule has 0 aliphatic carbocycles. The predicted octanol–water partition coefficient (Wildman–Crippen LogP) is 4.68. The molecule has 1 unspecified atom stereocenters. The van der Waals surface area contributed by atoms with Crippen molar-refractivity contribution in [2.24, 2.45) is 0 Å². The molecule has 0 fully saturated rings. The molecular weight excluding hydrogens is 380 g/mol. The van der Waals surface area contributed by atoms with Gasteiger partial charge in [-0.15, -0.1) is 22.7 Å². The zero-order chi connectivity index (χ0) is 18.7. The van der Waals surface area contributed by atoms with Gasteiger partial charge in [-0.1, -0.05) is 18.2 Å². The molecule has 1 aromatic carbocycles. The minimum Gasteiger partial charge on any atom is -0.450 e. The highest BCUT2D eigenvalue weighted by molar-refractivity contribution is 7.16. The highest BCUT2D eigenvalue weighted by Gasteiger charge is 2.45. The van der Waals surface area contributed by atoms with Crippen molar-refractivity contribution in [1.82, 2.24) is 4.98 Å². The molecule has 1 aliphatic rings. The van der Waals surface area contributed by atoms with Crippen LogP contribution in [0.4, 0.5) is 5.13 Å². The van der Waals surface area contributed by atoms with Crippen LogP contribution < -0.4 is 10.3 Å². The van der Waals surface area contributed by atoms with Crippen LogP contribution in [0.25, 0.3) is 11.0 Å². The maximum Gasteiger partial charge on any atom is 0.297 e. The summed E-state index contributed by atoms with van der Waals surface area (Å²) in [6.45, 7) is 3.89. The molecule has 4 aromatic rings. The molecule has 27 heavy (non-hydrogen) atoms. The van der Waals surface area contributed by atoms with Crippen LogP contribution in [0.5, 0.6) is 0 Å². The summed E-state index contributed by atoms with van der Waals surface area (Å²) in [5.41, 5.74) is 1.54. The first-order valence-corrected chi connectivity index (χ1v) is 10.1. The summed E-state index contributed by atoms with van der Waals surface area (Å²) in [5.74, 6) is -0.206. The largest absolute Gasteiger partial charge is 0.450 e. The molecule has 5 rings (SSSR count). The van der Waals surface area contributed by atoms with Gasteiger partial charge in [0.2, 0.25) is 5.76 Å². The Bertz CT molecular complexity index is 1230. The Labute approximate surface area is 162 Å². The van der Waals surface area contributed by atoms with Crippen molar-refractivity contribution < 1.29 is 9.21 Å². The average molecular weight is 394 g/mol. The molecule has 134 valence electrons. The predicted molar refractivity (Wildman–Crippen MR) is 107 cm³/mol. The van der Waals surface area contributed by atoms with Crippen molar-refractivity contribution in [1.29, 1.82) is 0 Å². The summed E-state index contributed by atoms with van der Waals surface area (Å²) in [6, 6.07) is 10.4. The van der Waals surface area contributed by atoms with E-state index in [1.165, 1.54) is 22.7 Å². The van der Waals surface area contributed by atoms with Crippen LogP contribution in [0.2, 0.25) is 0 Å². The van der Waals surface area contributed by atoms with E-state index in [1.807, 2.05) is 31.4 Å². The number of thiophene rings is 1. The summed E-state index contributed by atoms with van der Waals surface area (Å²) in [7, 11) is 0. The average Bonchev–Trinajstić information content (AvgIpc) is 3.36. The molecule has 0 saturated heterocycles. The lowest BCUT2D eigenvalue weighted by atomic mass is 10.0. The second kappa shape index (κ2) is 5.87. The highest BCUT2D eigenvalue weighted by atomic mass is 32.1. The molecule has 0 saturated carbocycles. The van der Waals surface area contributed by atoms with Gasteiger partial charge >= 0.3 is 0 Å². The standard InChI is InChI=1S/C20H14N2O3S2/c1-10-11(2)27-20(21-10)22-16(14-8-5-9-26-14)15-17(23)12-6-3-4-7-13(12)25-18(15)19(22)24/h3-9,16H,1-2H3. The summed E-state index contributed by atoms with van der Waals surface area (Å²) in [5, 5.41) is 3.01. The van der Waals surface area contributed by atoms with E-state index in [4.69, 9.17) is 4.42 Å². The fraction of sp³-hybridized carbons (Fsp3) is 0.150. The molecule has 5 nitrogen and oxygen atoms in total. The van der Waals surface area contributed by atoms with E-state index in [0.717, 1.165) is 15.4 Å². The summed E-state index contributed by atoms with van der Waals surface area (Å²) >= 11 is 2.96. The lowest BCUT2D eigenvalue weighted by Gasteiger charge is -2.20. The topological polar surface area (TPSA) is 63.4 Å². The third-order valence-electron chi connectivity index (χ3n) is 4.81. The Morgan fingerprint density at radius 3 is 2.63 bits per heavy atom. The first-order chi connectivity index (χ1) is 13.1. The Hall–Kier alpha value is -2.77. The molecule has 4 heterocycles. The Morgan fingerprint density at radius 1 is 1.11 bits per heavy atom. The minimum absolute atomic E-state index is 0.114. The van der Waals surface area contributed by atoms with E-state index < -0.39 is 6.04 Å². The second-order valence-electron chi connectivity index (χ2n) is 6.40. The molecule has 7 heteroatoms. The number of para-hydroxylation sites is 1. The minimum atomic E-state index is -0.515. The Morgan fingerprint density at radius 2 is 1.93 bits per heavy atom. The van der Waals surface area contributed by atoms with Crippen molar-refractivity contribution >= 4 is 44.7 Å². The van der Waals surface area contributed by atoms with E-state index in [1.54, 1.807) is 29.2 Å². The van der Waals surface area contributed by atoms with E-state index >= 15 is 0 Å². The summed E-state index contributed by atoms with van der Waals surface area (Å²) < 4.78 is 5.90. The first-order valence-electron chi connectivity index (χ1n) is 8.43. The van der Waals surface area contributed by atoms with Gasteiger partial charge in [-0.3, -0.25) is 14.5 Å². The number of amides is 1. The quantitative estimate of drug-likeness (QED) is 0.495. The maximum atomic E-state index is 13.3. The zero-order valence-corrected chi connectivity index (χ0v) is 16.2.